The summed E-state index contributed by atoms with van der Waals surface area (Å²) in [6, 6.07) is 1.23. The fourth-order valence-electron chi connectivity index (χ4n) is 0.695. The van der Waals surface area contributed by atoms with Gasteiger partial charge in [-0.25, -0.2) is 13.8 Å². The Morgan fingerprint density at radius 3 is 2.50 bits per heavy atom. The fourth-order valence-corrected chi connectivity index (χ4v) is 1.51. The molecule has 6 heteroatoms. The van der Waals surface area contributed by atoms with Gasteiger partial charge in [-0.2, -0.15) is 0 Å². The highest BCUT2D eigenvalue weighted by Crippen LogP contribution is 2.32. The third-order valence-corrected chi connectivity index (χ3v) is 2.49. The predicted octanol–water partition coefficient (Wildman–Crippen LogP) is 3.13. The zero-order valence-corrected chi connectivity index (χ0v) is 8.86. The van der Waals surface area contributed by atoms with Crippen LogP contribution in [0, 0.1) is 0 Å². The van der Waals surface area contributed by atoms with Gasteiger partial charge in [0.2, 0.25) is 0 Å². The minimum Gasteiger partial charge on any atom is -0.383 e. The van der Waals surface area contributed by atoms with E-state index in [4.69, 9.17) is 5.73 Å². The number of alkyl halides is 2. The molecule has 0 radical (unpaired) electrons. The van der Waals surface area contributed by atoms with E-state index in [-0.39, 0.29) is 15.9 Å². The number of nitrogens with zero attached hydrogens (tertiary/aromatic N) is 1. The van der Waals surface area contributed by atoms with Crippen LogP contribution in [0.1, 0.15) is 12.0 Å². The van der Waals surface area contributed by atoms with Crippen LogP contribution in [0.25, 0.3) is 0 Å². The van der Waals surface area contributed by atoms with Crippen molar-refractivity contribution in [3.05, 3.63) is 20.7 Å². The van der Waals surface area contributed by atoms with E-state index in [2.05, 4.69) is 36.8 Å². The van der Waals surface area contributed by atoms with Crippen LogP contribution in [0.15, 0.2) is 15.1 Å². The lowest BCUT2D eigenvalue weighted by Crippen LogP contribution is -1.97. The molecule has 12 heavy (non-hydrogen) atoms. The molecule has 0 unspecified atom stereocenters. The van der Waals surface area contributed by atoms with Crippen LogP contribution in [0.2, 0.25) is 0 Å². The van der Waals surface area contributed by atoms with Gasteiger partial charge in [0.15, 0.2) is 0 Å². The second-order valence-electron chi connectivity index (χ2n) is 2.03. The summed E-state index contributed by atoms with van der Waals surface area (Å²) in [5.41, 5.74) is 5.18. The molecule has 0 atom stereocenters. The van der Waals surface area contributed by atoms with Crippen molar-refractivity contribution in [1.29, 1.82) is 0 Å². The largest absolute Gasteiger partial charge is 0.383 e. The molecule has 2 nitrogen and oxygen atoms in total. The zero-order valence-electron chi connectivity index (χ0n) is 5.69. The Morgan fingerprint density at radius 2 is 2.00 bits per heavy atom. The van der Waals surface area contributed by atoms with Gasteiger partial charge in [-0.05, 0) is 37.9 Å². The Kier molecular flexibility index (Phi) is 3.00. The first kappa shape index (κ1) is 9.85. The molecule has 0 saturated carbocycles. The van der Waals surface area contributed by atoms with Crippen molar-refractivity contribution in [1.82, 2.24) is 4.98 Å². The first-order valence-corrected chi connectivity index (χ1v) is 4.50. The number of anilines is 1. The Morgan fingerprint density at radius 1 is 1.42 bits per heavy atom. The van der Waals surface area contributed by atoms with Gasteiger partial charge in [0, 0.05) is 5.56 Å². The van der Waals surface area contributed by atoms with Gasteiger partial charge in [0.1, 0.15) is 10.4 Å². The first-order valence-electron chi connectivity index (χ1n) is 2.92. The topological polar surface area (TPSA) is 38.9 Å². The molecule has 1 aromatic rings. The third kappa shape index (κ3) is 1.92. The van der Waals surface area contributed by atoms with Gasteiger partial charge in [-0.15, -0.1) is 0 Å². The van der Waals surface area contributed by atoms with E-state index in [1.807, 2.05) is 0 Å². The van der Waals surface area contributed by atoms with Gasteiger partial charge >= 0.3 is 0 Å². The highest BCUT2D eigenvalue weighted by Gasteiger charge is 2.15. The molecule has 66 valence electrons. The molecule has 0 aromatic carbocycles. The number of pyridine rings is 1. The number of halogens is 4. The lowest BCUT2D eigenvalue weighted by molar-refractivity contribution is 0.150. The van der Waals surface area contributed by atoms with Crippen molar-refractivity contribution >= 4 is 37.7 Å². The summed E-state index contributed by atoms with van der Waals surface area (Å²) in [4.78, 5) is 3.73. The second kappa shape index (κ2) is 3.66. The number of nitrogens with two attached hydrogens (primary N) is 1. The molecule has 0 bridgehead atoms. The number of nitrogen functional groups attached to an aromatic ring is 1. The number of hydrogen-bond donors (Lipinski definition) is 1. The molecule has 1 heterocycles. The lowest BCUT2D eigenvalue weighted by Gasteiger charge is -2.05. The SMILES string of the molecule is Nc1nc(Br)cc(C(F)F)c1Br. The standard InChI is InChI=1S/C6H4Br2F2N2/c7-3-1-2(5(9)10)4(8)6(11)12-3/h1,5H,(H2,11,12). The van der Waals surface area contributed by atoms with Gasteiger partial charge in [0.25, 0.3) is 6.43 Å². The summed E-state index contributed by atoms with van der Waals surface area (Å²) in [6.45, 7) is 0. The van der Waals surface area contributed by atoms with Crippen LogP contribution in [0.5, 0.6) is 0 Å². The quantitative estimate of drug-likeness (QED) is 0.810. The minimum absolute atomic E-state index is 0.0553. The zero-order chi connectivity index (χ0) is 9.30. The molecule has 0 aliphatic rings. The molecule has 0 saturated heterocycles. The Balaban J connectivity index is 3.28. The van der Waals surface area contributed by atoms with Crippen molar-refractivity contribution in [3.8, 4) is 0 Å². The Hall–Kier alpha value is -0.230. The van der Waals surface area contributed by atoms with Gasteiger partial charge < -0.3 is 5.73 Å². The average Bonchev–Trinajstić information content (AvgIpc) is 1.96. The summed E-state index contributed by atoms with van der Waals surface area (Å²) in [5.74, 6) is 0.0553. The molecule has 1 aromatic heterocycles. The van der Waals surface area contributed by atoms with Crippen LogP contribution >= 0.6 is 31.9 Å². The lowest BCUT2D eigenvalue weighted by atomic mass is 10.3. The van der Waals surface area contributed by atoms with E-state index < -0.39 is 6.43 Å². The van der Waals surface area contributed by atoms with Gasteiger partial charge in [0.05, 0.1) is 4.47 Å². The van der Waals surface area contributed by atoms with Crippen LogP contribution in [0.4, 0.5) is 14.6 Å². The summed E-state index contributed by atoms with van der Waals surface area (Å²) in [5, 5.41) is 0. The van der Waals surface area contributed by atoms with Crippen molar-refractivity contribution in [2.75, 3.05) is 5.73 Å². The summed E-state index contributed by atoms with van der Waals surface area (Å²) in [6.07, 6.45) is -2.55. The van der Waals surface area contributed by atoms with Crippen LogP contribution in [-0.4, -0.2) is 4.98 Å². The smallest absolute Gasteiger partial charge is 0.265 e. The highest BCUT2D eigenvalue weighted by molar-refractivity contribution is 9.11. The first-order chi connectivity index (χ1) is 5.52. The van der Waals surface area contributed by atoms with Crippen molar-refractivity contribution in [2.45, 2.75) is 6.43 Å². The normalized spacial score (nSPS) is 10.8. The molecular formula is C6H4Br2F2N2. The van der Waals surface area contributed by atoms with Gasteiger partial charge in [-0.3, -0.25) is 0 Å². The van der Waals surface area contributed by atoms with Crippen LogP contribution < -0.4 is 5.73 Å². The van der Waals surface area contributed by atoms with Crippen LogP contribution in [0.3, 0.4) is 0 Å². The molecule has 0 amide bonds. The van der Waals surface area contributed by atoms with E-state index in [1.54, 1.807) is 0 Å². The summed E-state index contributed by atoms with van der Waals surface area (Å²) in [7, 11) is 0. The monoisotopic (exact) mass is 300 g/mol. The number of rotatable bonds is 1. The Labute approximate surface area is 84.4 Å². The van der Waals surface area contributed by atoms with Crippen molar-refractivity contribution in [3.63, 3.8) is 0 Å². The summed E-state index contributed by atoms with van der Waals surface area (Å²) >= 11 is 5.90. The minimum atomic E-state index is -2.55. The van der Waals surface area contributed by atoms with Crippen molar-refractivity contribution in [2.24, 2.45) is 0 Å². The number of aromatic nitrogens is 1. The van der Waals surface area contributed by atoms with E-state index in [0.29, 0.717) is 4.60 Å². The van der Waals surface area contributed by atoms with Crippen LogP contribution in [-0.2, 0) is 0 Å². The molecule has 0 aliphatic carbocycles. The van der Waals surface area contributed by atoms with Gasteiger partial charge in [-0.1, -0.05) is 0 Å². The molecule has 0 fully saturated rings. The van der Waals surface area contributed by atoms with E-state index in [0.717, 1.165) is 0 Å². The molecule has 0 aliphatic heterocycles. The summed E-state index contributed by atoms with van der Waals surface area (Å²) < 4.78 is 25.0. The molecular weight excluding hydrogens is 298 g/mol. The van der Waals surface area contributed by atoms with E-state index in [9.17, 15) is 8.78 Å². The Bertz CT molecular complexity index is 304. The van der Waals surface area contributed by atoms with E-state index >= 15 is 0 Å². The molecule has 0 spiro atoms. The maximum atomic E-state index is 12.3. The van der Waals surface area contributed by atoms with E-state index in [1.165, 1.54) is 6.07 Å². The molecule has 1 rings (SSSR count). The average molecular weight is 302 g/mol. The number of hydrogen-bond acceptors (Lipinski definition) is 2. The maximum Gasteiger partial charge on any atom is 0.265 e. The maximum absolute atomic E-state index is 12.3. The highest BCUT2D eigenvalue weighted by atomic mass is 79.9. The second-order valence-corrected chi connectivity index (χ2v) is 3.64. The molecule has 2 N–H and O–H groups in total. The fraction of sp³-hybridized carbons (Fsp3) is 0.167. The predicted molar refractivity (Wildman–Crippen MR) is 49.0 cm³/mol. The van der Waals surface area contributed by atoms with Crippen molar-refractivity contribution < 1.29 is 8.78 Å². The third-order valence-electron chi connectivity index (χ3n) is 1.22.